The Hall–Kier alpha value is -1.47. The second-order valence-electron chi connectivity index (χ2n) is 4.23. The molecular weight excluding hydrogens is 205 g/mol. The first-order valence-corrected chi connectivity index (χ1v) is 5.56. The van der Waals surface area contributed by atoms with Gasteiger partial charge in [-0.2, -0.15) is 4.99 Å². The van der Waals surface area contributed by atoms with E-state index < -0.39 is 12.2 Å². The molecule has 0 atom stereocenters. The van der Waals surface area contributed by atoms with Gasteiger partial charge in [0.05, 0.1) is 5.54 Å². The molecule has 0 bridgehead atoms. The summed E-state index contributed by atoms with van der Waals surface area (Å²) in [6.45, 7) is -0.508. The van der Waals surface area contributed by atoms with Crippen molar-refractivity contribution in [2.75, 3.05) is 0 Å². The van der Waals surface area contributed by atoms with Crippen molar-refractivity contribution in [1.29, 1.82) is 0 Å². The van der Waals surface area contributed by atoms with Gasteiger partial charge >= 0.3 is 0 Å². The number of nitrogens with zero attached hydrogens (tertiary/aromatic N) is 1. The highest BCUT2D eigenvalue weighted by atomic mass is 19.1. The summed E-state index contributed by atoms with van der Waals surface area (Å²) in [6, 6.07) is 7.32. The minimum Gasteiger partial charge on any atom is -0.246 e. The van der Waals surface area contributed by atoms with Gasteiger partial charge in [0.2, 0.25) is 6.08 Å². The number of aliphatic imine (C=N–C) groups is 1. The summed E-state index contributed by atoms with van der Waals surface area (Å²) in [5.74, 6) is 0. The van der Waals surface area contributed by atoms with Crippen LogP contribution in [0, 0.1) is 0 Å². The first-order valence-electron chi connectivity index (χ1n) is 5.56. The van der Waals surface area contributed by atoms with Crippen LogP contribution >= 0.6 is 0 Å². The average Bonchev–Trinajstić information content (AvgIpc) is 2.79. The molecule has 0 radical (unpaired) electrons. The van der Waals surface area contributed by atoms with Crippen LogP contribution in [0.25, 0.3) is 0 Å². The van der Waals surface area contributed by atoms with Gasteiger partial charge in [-0.15, -0.1) is 0 Å². The molecule has 84 valence electrons. The van der Waals surface area contributed by atoms with E-state index in [-0.39, 0.29) is 0 Å². The van der Waals surface area contributed by atoms with Gasteiger partial charge in [-0.1, -0.05) is 37.1 Å². The minimum absolute atomic E-state index is 0.508. The molecule has 0 aromatic heterocycles. The lowest BCUT2D eigenvalue weighted by Gasteiger charge is -2.24. The van der Waals surface area contributed by atoms with Gasteiger partial charge in [-0.05, 0) is 24.0 Å². The molecule has 2 nitrogen and oxygen atoms in total. The highest BCUT2D eigenvalue weighted by molar-refractivity contribution is 5.41. The first-order chi connectivity index (χ1) is 7.82. The maximum atomic E-state index is 12.9. The third-order valence-electron chi connectivity index (χ3n) is 3.35. The van der Waals surface area contributed by atoms with Crippen LogP contribution in [0.2, 0.25) is 0 Å². The quantitative estimate of drug-likeness (QED) is 0.566. The Kier molecular flexibility index (Phi) is 3.16. The Bertz CT molecular complexity index is 418. The van der Waals surface area contributed by atoms with Crippen molar-refractivity contribution in [3.63, 3.8) is 0 Å². The number of hydrogen-bond donors (Lipinski definition) is 0. The Balaban J connectivity index is 2.50. The standard InChI is InChI=1S/C13H14FNO/c14-9-11-5-1-2-6-12(11)13(15-10-16)7-3-4-8-13/h1-2,5-6H,3-4,7-9H2. The summed E-state index contributed by atoms with van der Waals surface area (Å²) in [5, 5.41) is 0. The van der Waals surface area contributed by atoms with Crippen molar-refractivity contribution < 1.29 is 9.18 Å². The van der Waals surface area contributed by atoms with Crippen LogP contribution in [0.5, 0.6) is 0 Å². The van der Waals surface area contributed by atoms with Gasteiger partial charge < -0.3 is 0 Å². The van der Waals surface area contributed by atoms with Crippen molar-refractivity contribution in [2.24, 2.45) is 4.99 Å². The van der Waals surface area contributed by atoms with Gasteiger partial charge in [0, 0.05) is 0 Å². The van der Waals surface area contributed by atoms with Gasteiger partial charge in [0.1, 0.15) is 6.67 Å². The normalized spacial score (nSPS) is 18.1. The number of halogens is 1. The molecule has 0 heterocycles. The van der Waals surface area contributed by atoms with Crippen LogP contribution < -0.4 is 0 Å². The predicted octanol–water partition coefficient (Wildman–Crippen LogP) is 3.26. The summed E-state index contributed by atoms with van der Waals surface area (Å²) in [6.07, 6.45) is 5.36. The number of rotatable bonds is 3. The largest absolute Gasteiger partial charge is 0.246 e. The minimum atomic E-state index is -0.509. The molecule has 0 aliphatic heterocycles. The van der Waals surface area contributed by atoms with E-state index in [0.29, 0.717) is 5.56 Å². The number of hydrogen-bond acceptors (Lipinski definition) is 2. The first kappa shape index (κ1) is 11.0. The van der Waals surface area contributed by atoms with Gasteiger partial charge in [-0.3, -0.25) is 0 Å². The predicted molar refractivity (Wildman–Crippen MR) is 59.5 cm³/mol. The van der Waals surface area contributed by atoms with Crippen molar-refractivity contribution in [1.82, 2.24) is 0 Å². The summed E-state index contributed by atoms with van der Waals surface area (Å²) < 4.78 is 12.9. The number of isocyanates is 1. The van der Waals surface area contributed by atoms with Crippen molar-refractivity contribution in [3.05, 3.63) is 35.4 Å². The molecule has 3 heteroatoms. The van der Waals surface area contributed by atoms with E-state index in [1.165, 1.54) is 0 Å². The lowest BCUT2D eigenvalue weighted by molar-refractivity contribution is 0.430. The molecule has 0 saturated heterocycles. The lowest BCUT2D eigenvalue weighted by Crippen LogP contribution is -2.20. The molecule has 0 amide bonds. The Morgan fingerprint density at radius 2 is 2.00 bits per heavy atom. The summed E-state index contributed by atoms with van der Waals surface area (Å²) in [4.78, 5) is 14.5. The van der Waals surface area contributed by atoms with Crippen LogP contribution in [-0.4, -0.2) is 6.08 Å². The lowest BCUT2D eigenvalue weighted by atomic mass is 9.86. The molecule has 0 N–H and O–H groups in total. The topological polar surface area (TPSA) is 29.4 Å². The molecule has 0 unspecified atom stereocenters. The summed E-state index contributed by atoms with van der Waals surface area (Å²) in [7, 11) is 0. The Morgan fingerprint density at radius 1 is 1.31 bits per heavy atom. The second kappa shape index (κ2) is 4.58. The fourth-order valence-electron chi connectivity index (χ4n) is 2.58. The highest BCUT2D eigenvalue weighted by Gasteiger charge is 2.37. The molecule has 2 rings (SSSR count). The Labute approximate surface area is 94.2 Å². The molecule has 1 aromatic rings. The smallest absolute Gasteiger partial charge is 0.235 e. The van der Waals surface area contributed by atoms with Crippen molar-refractivity contribution >= 4 is 6.08 Å². The SMILES string of the molecule is O=C=NC1(c2ccccc2CF)CCCC1. The van der Waals surface area contributed by atoms with Crippen molar-refractivity contribution in [2.45, 2.75) is 37.9 Å². The van der Waals surface area contributed by atoms with E-state index >= 15 is 0 Å². The molecule has 1 saturated carbocycles. The zero-order chi connectivity index (χ0) is 11.4. The fourth-order valence-corrected chi connectivity index (χ4v) is 2.58. The zero-order valence-corrected chi connectivity index (χ0v) is 9.08. The molecule has 1 aliphatic carbocycles. The number of benzene rings is 1. The van der Waals surface area contributed by atoms with E-state index in [4.69, 9.17) is 0 Å². The monoisotopic (exact) mass is 219 g/mol. The van der Waals surface area contributed by atoms with Crippen molar-refractivity contribution in [3.8, 4) is 0 Å². The molecular formula is C13H14FNO. The van der Waals surface area contributed by atoms with Crippen LogP contribution in [-0.2, 0) is 17.0 Å². The number of carbonyl (C=O) groups excluding carboxylic acids is 1. The second-order valence-corrected chi connectivity index (χ2v) is 4.23. The van der Waals surface area contributed by atoms with E-state index in [2.05, 4.69) is 4.99 Å². The molecule has 1 aliphatic rings. The van der Waals surface area contributed by atoms with Crippen LogP contribution in [0.1, 0.15) is 36.8 Å². The van der Waals surface area contributed by atoms with Gasteiger partial charge in [0.25, 0.3) is 0 Å². The van der Waals surface area contributed by atoms with Crippen LogP contribution in [0.15, 0.2) is 29.3 Å². The maximum Gasteiger partial charge on any atom is 0.235 e. The number of alkyl halides is 1. The van der Waals surface area contributed by atoms with Gasteiger partial charge in [0.15, 0.2) is 0 Å². The highest BCUT2D eigenvalue weighted by Crippen LogP contribution is 2.43. The Morgan fingerprint density at radius 3 is 2.62 bits per heavy atom. The molecule has 1 aromatic carbocycles. The zero-order valence-electron chi connectivity index (χ0n) is 9.08. The summed E-state index contributed by atoms with van der Waals surface area (Å²) >= 11 is 0. The van der Waals surface area contributed by atoms with E-state index in [0.717, 1.165) is 31.2 Å². The molecule has 1 fully saturated rings. The van der Waals surface area contributed by atoms with E-state index in [1.807, 2.05) is 18.2 Å². The van der Waals surface area contributed by atoms with E-state index in [9.17, 15) is 9.18 Å². The van der Waals surface area contributed by atoms with E-state index in [1.54, 1.807) is 12.1 Å². The van der Waals surface area contributed by atoms with Crippen LogP contribution in [0.3, 0.4) is 0 Å². The third kappa shape index (κ3) is 1.79. The molecule has 16 heavy (non-hydrogen) atoms. The average molecular weight is 219 g/mol. The third-order valence-corrected chi connectivity index (χ3v) is 3.35. The maximum absolute atomic E-state index is 12.9. The molecule has 0 spiro atoms. The van der Waals surface area contributed by atoms with Crippen LogP contribution in [0.4, 0.5) is 4.39 Å². The van der Waals surface area contributed by atoms with Gasteiger partial charge in [-0.25, -0.2) is 9.18 Å². The summed E-state index contributed by atoms with van der Waals surface area (Å²) in [5.41, 5.74) is 0.992. The fraction of sp³-hybridized carbons (Fsp3) is 0.462.